The second-order valence-corrected chi connectivity index (χ2v) is 5.71. The number of carboxylic acid groups (broad SMARTS) is 1. The van der Waals surface area contributed by atoms with E-state index in [1.807, 2.05) is 4.90 Å². The summed E-state index contributed by atoms with van der Waals surface area (Å²) in [6.45, 7) is 2.13. The van der Waals surface area contributed by atoms with Crippen LogP contribution in [-0.2, 0) is 9.59 Å². The Kier molecular flexibility index (Phi) is 6.11. The molecule has 0 radical (unpaired) electrons. The Morgan fingerprint density at radius 2 is 1.71 bits per heavy atom. The van der Waals surface area contributed by atoms with Gasteiger partial charge in [0.1, 0.15) is 5.69 Å². The highest BCUT2D eigenvalue weighted by molar-refractivity contribution is 5.76. The first kappa shape index (κ1) is 17.7. The number of unbranched alkanes of at least 4 members (excludes halogenated alkanes) is 1. The van der Waals surface area contributed by atoms with E-state index >= 15 is 0 Å². The van der Waals surface area contributed by atoms with Crippen molar-refractivity contribution in [3.05, 3.63) is 34.4 Å². The van der Waals surface area contributed by atoms with Crippen LogP contribution in [0.3, 0.4) is 0 Å². The molecular weight excluding hydrogens is 314 g/mol. The molecule has 130 valence electrons. The number of rotatable bonds is 7. The number of nitrogens with zero attached hydrogens (tertiary/aromatic N) is 3. The number of benzene rings is 1. The number of aliphatic carboxylic acids is 1. The number of hydrogen-bond acceptors (Lipinski definition) is 5. The fourth-order valence-electron chi connectivity index (χ4n) is 2.79. The van der Waals surface area contributed by atoms with E-state index in [1.54, 1.807) is 23.1 Å². The van der Waals surface area contributed by atoms with Gasteiger partial charge in [0.2, 0.25) is 5.91 Å². The van der Waals surface area contributed by atoms with E-state index in [1.165, 1.54) is 6.07 Å². The summed E-state index contributed by atoms with van der Waals surface area (Å²) in [5.41, 5.74) is 0.655. The molecule has 1 aromatic carbocycles. The van der Waals surface area contributed by atoms with Crippen LogP contribution in [0.4, 0.5) is 11.4 Å². The standard InChI is InChI=1S/C16H21N3O5/c20-15(7-3-4-8-16(21)22)18-11-9-17(10-12-18)13-5-1-2-6-14(13)19(23)24/h1-2,5-6H,3-4,7-12H2,(H,21,22). The third-order valence-electron chi connectivity index (χ3n) is 4.08. The van der Waals surface area contributed by atoms with Crippen molar-refractivity contribution in [2.75, 3.05) is 31.1 Å². The maximum atomic E-state index is 12.1. The third-order valence-corrected chi connectivity index (χ3v) is 4.08. The number of carbonyl (C=O) groups is 2. The number of carbonyl (C=O) groups excluding carboxylic acids is 1. The van der Waals surface area contributed by atoms with Crippen molar-refractivity contribution in [2.45, 2.75) is 25.7 Å². The average molecular weight is 335 g/mol. The molecule has 1 aliphatic rings. The van der Waals surface area contributed by atoms with Crippen LogP contribution in [0.25, 0.3) is 0 Å². The summed E-state index contributed by atoms with van der Waals surface area (Å²) in [7, 11) is 0. The summed E-state index contributed by atoms with van der Waals surface area (Å²) in [5.74, 6) is -0.830. The molecule has 1 heterocycles. The van der Waals surface area contributed by atoms with E-state index in [4.69, 9.17) is 5.11 Å². The van der Waals surface area contributed by atoms with Crippen molar-refractivity contribution in [3.8, 4) is 0 Å². The number of nitro benzene ring substituents is 1. The highest BCUT2D eigenvalue weighted by atomic mass is 16.6. The van der Waals surface area contributed by atoms with Crippen molar-refractivity contribution in [3.63, 3.8) is 0 Å². The van der Waals surface area contributed by atoms with Gasteiger partial charge in [0.25, 0.3) is 5.69 Å². The Labute approximate surface area is 139 Å². The molecule has 1 aromatic rings. The van der Waals surface area contributed by atoms with E-state index in [9.17, 15) is 19.7 Å². The minimum atomic E-state index is -0.847. The molecule has 8 nitrogen and oxygen atoms in total. The molecular formula is C16H21N3O5. The molecule has 0 aliphatic carbocycles. The van der Waals surface area contributed by atoms with E-state index in [0.717, 1.165) is 0 Å². The highest BCUT2D eigenvalue weighted by Gasteiger charge is 2.25. The van der Waals surface area contributed by atoms with Crippen LogP contribution in [0.1, 0.15) is 25.7 Å². The van der Waals surface area contributed by atoms with Gasteiger partial charge in [0.15, 0.2) is 0 Å². The summed E-state index contributed by atoms with van der Waals surface area (Å²) in [6, 6.07) is 6.61. The lowest BCUT2D eigenvalue weighted by Gasteiger charge is -2.35. The summed E-state index contributed by atoms with van der Waals surface area (Å²) < 4.78 is 0. The van der Waals surface area contributed by atoms with Gasteiger partial charge >= 0.3 is 5.97 Å². The molecule has 1 amide bonds. The Bertz CT molecular complexity index is 611. The molecule has 1 N–H and O–H groups in total. The minimum Gasteiger partial charge on any atom is -0.481 e. The lowest BCUT2D eigenvalue weighted by molar-refractivity contribution is -0.384. The molecule has 0 atom stereocenters. The molecule has 1 aliphatic heterocycles. The van der Waals surface area contributed by atoms with Crippen molar-refractivity contribution >= 4 is 23.3 Å². The Balaban J connectivity index is 1.84. The fraction of sp³-hybridized carbons (Fsp3) is 0.500. The molecule has 24 heavy (non-hydrogen) atoms. The number of carboxylic acids is 1. The molecule has 2 rings (SSSR count). The van der Waals surface area contributed by atoms with Gasteiger partial charge in [-0.25, -0.2) is 0 Å². The zero-order valence-electron chi connectivity index (χ0n) is 13.4. The number of para-hydroxylation sites is 2. The number of nitro groups is 1. The van der Waals surface area contributed by atoms with Gasteiger partial charge in [-0.2, -0.15) is 0 Å². The maximum absolute atomic E-state index is 12.1. The normalized spacial score (nSPS) is 14.5. The molecule has 8 heteroatoms. The van der Waals surface area contributed by atoms with E-state index in [-0.39, 0.29) is 18.0 Å². The van der Waals surface area contributed by atoms with Crippen molar-refractivity contribution < 1.29 is 19.6 Å². The van der Waals surface area contributed by atoms with Crippen LogP contribution in [0.2, 0.25) is 0 Å². The van der Waals surface area contributed by atoms with Gasteiger partial charge in [-0.15, -0.1) is 0 Å². The minimum absolute atomic E-state index is 0.0163. The monoisotopic (exact) mass is 335 g/mol. The molecule has 0 bridgehead atoms. The topological polar surface area (TPSA) is 104 Å². The zero-order valence-corrected chi connectivity index (χ0v) is 13.4. The summed E-state index contributed by atoms with van der Waals surface area (Å²) in [4.78, 5) is 36.9. The fourth-order valence-corrected chi connectivity index (χ4v) is 2.79. The first-order valence-electron chi connectivity index (χ1n) is 7.97. The quantitative estimate of drug-likeness (QED) is 0.463. The second kappa shape index (κ2) is 8.28. The number of amides is 1. The van der Waals surface area contributed by atoms with Gasteiger partial charge < -0.3 is 14.9 Å². The maximum Gasteiger partial charge on any atom is 0.303 e. The SMILES string of the molecule is O=C(O)CCCCC(=O)N1CCN(c2ccccc2[N+](=O)[O-])CC1. The van der Waals surface area contributed by atoms with Gasteiger partial charge in [0, 0.05) is 45.1 Å². The van der Waals surface area contributed by atoms with Gasteiger partial charge in [0.05, 0.1) is 4.92 Å². The van der Waals surface area contributed by atoms with Gasteiger partial charge in [-0.3, -0.25) is 19.7 Å². The van der Waals surface area contributed by atoms with Crippen LogP contribution < -0.4 is 4.90 Å². The van der Waals surface area contributed by atoms with E-state index in [0.29, 0.717) is 51.1 Å². The first-order valence-corrected chi connectivity index (χ1v) is 7.97. The van der Waals surface area contributed by atoms with Crippen molar-refractivity contribution in [1.82, 2.24) is 4.90 Å². The predicted molar refractivity (Wildman–Crippen MR) is 88.0 cm³/mol. The molecule has 1 fully saturated rings. The largest absolute Gasteiger partial charge is 0.481 e. The second-order valence-electron chi connectivity index (χ2n) is 5.71. The predicted octanol–water partition coefficient (Wildman–Crippen LogP) is 1.89. The van der Waals surface area contributed by atoms with E-state index < -0.39 is 10.9 Å². The first-order chi connectivity index (χ1) is 11.5. The summed E-state index contributed by atoms with van der Waals surface area (Å²) in [6.07, 6.45) is 1.49. The van der Waals surface area contributed by atoms with Crippen LogP contribution in [-0.4, -0.2) is 53.0 Å². The smallest absolute Gasteiger partial charge is 0.303 e. The lowest BCUT2D eigenvalue weighted by Crippen LogP contribution is -2.48. The molecule has 1 saturated heterocycles. The van der Waals surface area contributed by atoms with Gasteiger partial charge in [-0.05, 0) is 18.9 Å². The Morgan fingerprint density at radius 3 is 2.33 bits per heavy atom. The highest BCUT2D eigenvalue weighted by Crippen LogP contribution is 2.28. The van der Waals surface area contributed by atoms with Crippen LogP contribution in [0, 0.1) is 10.1 Å². The summed E-state index contributed by atoms with van der Waals surface area (Å²) >= 11 is 0. The molecule has 0 spiro atoms. The van der Waals surface area contributed by atoms with Crippen molar-refractivity contribution in [1.29, 1.82) is 0 Å². The third kappa shape index (κ3) is 4.68. The number of piperazine rings is 1. The van der Waals surface area contributed by atoms with E-state index in [2.05, 4.69) is 0 Å². The number of anilines is 1. The Hall–Kier alpha value is -2.64. The molecule has 0 aromatic heterocycles. The molecule has 0 unspecified atom stereocenters. The Morgan fingerprint density at radius 1 is 1.08 bits per heavy atom. The van der Waals surface area contributed by atoms with Crippen LogP contribution in [0.15, 0.2) is 24.3 Å². The molecule has 0 saturated carbocycles. The van der Waals surface area contributed by atoms with Crippen molar-refractivity contribution in [2.24, 2.45) is 0 Å². The average Bonchev–Trinajstić information content (AvgIpc) is 2.58. The zero-order chi connectivity index (χ0) is 17.5. The lowest BCUT2D eigenvalue weighted by atomic mass is 10.1. The van der Waals surface area contributed by atoms with Crippen LogP contribution in [0.5, 0.6) is 0 Å². The van der Waals surface area contributed by atoms with Gasteiger partial charge in [-0.1, -0.05) is 12.1 Å². The number of hydrogen-bond donors (Lipinski definition) is 1. The van der Waals surface area contributed by atoms with Crippen LogP contribution >= 0.6 is 0 Å². The summed E-state index contributed by atoms with van der Waals surface area (Å²) in [5, 5.41) is 19.7.